The number of carbonyl (C=O) groups excluding carboxylic acids is 1. The SMILES string of the molecule is C=C(C)C1(C)C(=O)N(C)c2c(Cl)cccc21. The van der Waals surface area contributed by atoms with Crippen molar-refractivity contribution in [3.8, 4) is 0 Å². The summed E-state index contributed by atoms with van der Waals surface area (Å²) in [6.45, 7) is 7.71. The Bertz CT molecular complexity index is 495. The third-order valence-electron chi connectivity index (χ3n) is 3.45. The van der Waals surface area contributed by atoms with Gasteiger partial charge in [0.2, 0.25) is 5.91 Å². The van der Waals surface area contributed by atoms with Gasteiger partial charge in [0.05, 0.1) is 16.1 Å². The number of nitrogens with zero attached hydrogens (tertiary/aromatic N) is 1. The zero-order valence-corrected chi connectivity index (χ0v) is 10.4. The molecule has 1 atom stereocenters. The number of rotatable bonds is 1. The number of likely N-dealkylation sites (N-methyl/N-ethyl adjacent to an activating group) is 1. The average Bonchev–Trinajstić information content (AvgIpc) is 2.43. The second-order valence-electron chi connectivity index (χ2n) is 4.41. The zero-order valence-electron chi connectivity index (χ0n) is 9.67. The monoisotopic (exact) mass is 235 g/mol. The molecular formula is C13H14ClNO. The fourth-order valence-corrected chi connectivity index (χ4v) is 2.53. The predicted octanol–water partition coefficient (Wildman–Crippen LogP) is 3.15. The normalized spacial score (nSPS) is 23.5. The lowest BCUT2D eigenvalue weighted by atomic mass is 9.78. The van der Waals surface area contributed by atoms with E-state index in [1.54, 1.807) is 18.0 Å². The molecule has 84 valence electrons. The highest BCUT2D eigenvalue weighted by Gasteiger charge is 2.47. The van der Waals surface area contributed by atoms with E-state index in [0.717, 1.165) is 16.8 Å². The molecule has 2 nitrogen and oxygen atoms in total. The Morgan fingerprint density at radius 3 is 2.69 bits per heavy atom. The van der Waals surface area contributed by atoms with Gasteiger partial charge < -0.3 is 4.90 Å². The zero-order chi connectivity index (χ0) is 12.1. The molecule has 16 heavy (non-hydrogen) atoms. The number of para-hydroxylation sites is 1. The van der Waals surface area contributed by atoms with Gasteiger partial charge in [-0.2, -0.15) is 0 Å². The van der Waals surface area contributed by atoms with Crippen molar-refractivity contribution >= 4 is 23.2 Å². The number of hydrogen-bond donors (Lipinski definition) is 0. The van der Waals surface area contributed by atoms with Gasteiger partial charge in [-0.05, 0) is 25.5 Å². The molecule has 0 saturated heterocycles. The summed E-state index contributed by atoms with van der Waals surface area (Å²) in [4.78, 5) is 13.9. The Labute approximate surface area is 101 Å². The van der Waals surface area contributed by atoms with Gasteiger partial charge in [0.25, 0.3) is 0 Å². The molecule has 0 radical (unpaired) electrons. The van der Waals surface area contributed by atoms with E-state index in [2.05, 4.69) is 6.58 Å². The second-order valence-corrected chi connectivity index (χ2v) is 4.81. The van der Waals surface area contributed by atoms with Gasteiger partial charge in [-0.1, -0.05) is 35.9 Å². The van der Waals surface area contributed by atoms with Crippen molar-refractivity contribution in [3.05, 3.63) is 40.9 Å². The minimum atomic E-state index is -0.644. The maximum atomic E-state index is 12.3. The van der Waals surface area contributed by atoms with E-state index < -0.39 is 5.41 Å². The first-order valence-corrected chi connectivity index (χ1v) is 5.51. The molecule has 1 aliphatic rings. The van der Waals surface area contributed by atoms with Crippen LogP contribution in [0.3, 0.4) is 0 Å². The van der Waals surface area contributed by atoms with Crippen molar-refractivity contribution in [3.63, 3.8) is 0 Å². The quantitative estimate of drug-likeness (QED) is 0.685. The summed E-state index contributed by atoms with van der Waals surface area (Å²) in [7, 11) is 1.75. The summed E-state index contributed by atoms with van der Waals surface area (Å²) in [6.07, 6.45) is 0. The summed E-state index contributed by atoms with van der Waals surface area (Å²) in [6, 6.07) is 5.61. The van der Waals surface area contributed by atoms with E-state index in [0.29, 0.717) is 5.02 Å². The highest BCUT2D eigenvalue weighted by atomic mass is 35.5. The molecule has 1 aliphatic heterocycles. The molecule has 0 spiro atoms. The number of fused-ring (bicyclic) bond motifs is 1. The van der Waals surface area contributed by atoms with Crippen molar-refractivity contribution in [2.75, 3.05) is 11.9 Å². The van der Waals surface area contributed by atoms with Gasteiger partial charge in [-0.15, -0.1) is 0 Å². The summed E-state index contributed by atoms with van der Waals surface area (Å²) in [5.41, 5.74) is 1.94. The van der Waals surface area contributed by atoms with E-state index in [1.807, 2.05) is 26.0 Å². The number of anilines is 1. The Balaban J connectivity index is 2.78. The van der Waals surface area contributed by atoms with Gasteiger partial charge in [0.15, 0.2) is 0 Å². The van der Waals surface area contributed by atoms with Crippen LogP contribution in [0.15, 0.2) is 30.4 Å². The van der Waals surface area contributed by atoms with Crippen molar-refractivity contribution in [2.45, 2.75) is 19.3 Å². The number of benzene rings is 1. The van der Waals surface area contributed by atoms with E-state index in [4.69, 9.17) is 11.6 Å². The molecule has 1 heterocycles. The smallest absolute Gasteiger partial charge is 0.241 e. The lowest BCUT2D eigenvalue weighted by molar-refractivity contribution is -0.121. The lowest BCUT2D eigenvalue weighted by Gasteiger charge is -2.23. The highest BCUT2D eigenvalue weighted by molar-refractivity contribution is 6.35. The first-order valence-electron chi connectivity index (χ1n) is 5.14. The fourth-order valence-electron chi connectivity index (χ4n) is 2.22. The maximum absolute atomic E-state index is 12.3. The molecule has 3 heteroatoms. The largest absolute Gasteiger partial charge is 0.313 e. The van der Waals surface area contributed by atoms with Crippen LogP contribution in [0.1, 0.15) is 19.4 Å². The van der Waals surface area contributed by atoms with Crippen LogP contribution in [0.5, 0.6) is 0 Å². The lowest BCUT2D eigenvalue weighted by Crippen LogP contribution is -2.36. The molecule has 1 aromatic rings. The summed E-state index contributed by atoms with van der Waals surface area (Å²) >= 11 is 6.14. The standard InChI is InChI=1S/C13H14ClNO/c1-8(2)13(3)9-6-5-7-10(14)11(9)15(4)12(13)16/h5-7H,1H2,2-4H3. The Hall–Kier alpha value is -1.28. The summed E-state index contributed by atoms with van der Waals surface area (Å²) in [5, 5.41) is 0.610. The average molecular weight is 236 g/mol. The van der Waals surface area contributed by atoms with Crippen LogP contribution < -0.4 is 4.90 Å². The van der Waals surface area contributed by atoms with Crippen molar-refractivity contribution in [1.82, 2.24) is 0 Å². The molecule has 0 N–H and O–H groups in total. The summed E-state index contributed by atoms with van der Waals surface area (Å²) < 4.78 is 0. The van der Waals surface area contributed by atoms with Crippen LogP contribution in [0.4, 0.5) is 5.69 Å². The van der Waals surface area contributed by atoms with E-state index >= 15 is 0 Å². The van der Waals surface area contributed by atoms with Crippen LogP contribution in [-0.2, 0) is 10.2 Å². The predicted molar refractivity (Wildman–Crippen MR) is 67.0 cm³/mol. The molecule has 1 aromatic carbocycles. The third kappa shape index (κ3) is 1.17. The molecule has 1 unspecified atom stereocenters. The minimum Gasteiger partial charge on any atom is -0.313 e. The van der Waals surface area contributed by atoms with Gasteiger partial charge in [0, 0.05) is 7.05 Å². The van der Waals surface area contributed by atoms with Crippen LogP contribution in [-0.4, -0.2) is 13.0 Å². The topological polar surface area (TPSA) is 20.3 Å². The Morgan fingerprint density at radius 1 is 1.50 bits per heavy atom. The Morgan fingerprint density at radius 2 is 2.12 bits per heavy atom. The van der Waals surface area contributed by atoms with E-state index in [-0.39, 0.29) is 5.91 Å². The fraction of sp³-hybridized carbons (Fsp3) is 0.308. The first-order chi connectivity index (χ1) is 7.40. The molecule has 2 rings (SSSR count). The van der Waals surface area contributed by atoms with Gasteiger partial charge >= 0.3 is 0 Å². The number of halogens is 1. The van der Waals surface area contributed by atoms with Crippen molar-refractivity contribution in [2.24, 2.45) is 0 Å². The summed E-state index contributed by atoms with van der Waals surface area (Å²) in [5.74, 6) is 0.0306. The number of amides is 1. The molecule has 0 bridgehead atoms. The molecular weight excluding hydrogens is 222 g/mol. The molecule has 1 amide bonds. The van der Waals surface area contributed by atoms with Crippen LogP contribution in [0.25, 0.3) is 0 Å². The van der Waals surface area contributed by atoms with E-state index in [9.17, 15) is 4.79 Å². The highest BCUT2D eigenvalue weighted by Crippen LogP contribution is 2.47. The molecule has 0 aliphatic carbocycles. The minimum absolute atomic E-state index is 0.0306. The van der Waals surface area contributed by atoms with Crippen molar-refractivity contribution < 1.29 is 4.79 Å². The first kappa shape index (κ1) is 11.2. The van der Waals surface area contributed by atoms with Crippen LogP contribution in [0, 0.1) is 0 Å². The molecule has 0 saturated carbocycles. The molecule has 0 fully saturated rings. The van der Waals surface area contributed by atoms with E-state index in [1.165, 1.54) is 0 Å². The van der Waals surface area contributed by atoms with Crippen LogP contribution >= 0.6 is 11.6 Å². The maximum Gasteiger partial charge on any atom is 0.241 e. The van der Waals surface area contributed by atoms with Crippen molar-refractivity contribution in [1.29, 1.82) is 0 Å². The Kier molecular flexibility index (Phi) is 2.35. The van der Waals surface area contributed by atoms with Gasteiger partial charge in [-0.25, -0.2) is 0 Å². The van der Waals surface area contributed by atoms with Gasteiger partial charge in [0.1, 0.15) is 0 Å². The van der Waals surface area contributed by atoms with Gasteiger partial charge in [-0.3, -0.25) is 4.79 Å². The van der Waals surface area contributed by atoms with Crippen LogP contribution in [0.2, 0.25) is 5.02 Å². The molecule has 0 aromatic heterocycles. The third-order valence-corrected chi connectivity index (χ3v) is 3.75. The second kappa shape index (κ2) is 3.36. The number of hydrogen-bond acceptors (Lipinski definition) is 1. The number of carbonyl (C=O) groups is 1.